The summed E-state index contributed by atoms with van der Waals surface area (Å²) in [4.78, 5) is 35.5. The number of nitrogens with one attached hydrogen (secondary N) is 1. The van der Waals surface area contributed by atoms with Crippen molar-refractivity contribution in [2.75, 3.05) is 27.2 Å². The molecule has 2 amide bonds. The lowest BCUT2D eigenvalue weighted by Gasteiger charge is -2.24. The molecule has 1 fully saturated rings. The highest BCUT2D eigenvalue weighted by Crippen LogP contribution is 2.29. The number of rotatable bonds is 5. The van der Waals surface area contributed by atoms with Gasteiger partial charge in [-0.15, -0.1) is 0 Å². The van der Waals surface area contributed by atoms with E-state index < -0.39 is 0 Å². The molecule has 7 nitrogen and oxygen atoms in total. The molecule has 2 rings (SSSR count). The first-order valence-electron chi connectivity index (χ1n) is 7.48. The summed E-state index contributed by atoms with van der Waals surface area (Å²) in [5.41, 5.74) is 0.783. The van der Waals surface area contributed by atoms with E-state index in [1.54, 1.807) is 31.3 Å². The summed E-state index contributed by atoms with van der Waals surface area (Å²) >= 11 is 0. The summed E-state index contributed by atoms with van der Waals surface area (Å²) in [5.74, 6) is 0.729. The smallest absolute Gasteiger partial charge is 0.236 e. The lowest BCUT2D eigenvalue weighted by Crippen LogP contribution is -2.36. The zero-order valence-corrected chi connectivity index (χ0v) is 13.4. The topological polar surface area (TPSA) is 78.4 Å². The van der Waals surface area contributed by atoms with Crippen LogP contribution in [0.2, 0.25) is 0 Å². The maximum atomic E-state index is 11.9. The van der Waals surface area contributed by atoms with Crippen molar-refractivity contribution in [2.45, 2.75) is 32.4 Å². The monoisotopic (exact) mass is 305 g/mol. The Hall–Kier alpha value is -2.02. The van der Waals surface area contributed by atoms with Crippen LogP contribution in [-0.2, 0) is 16.1 Å². The van der Waals surface area contributed by atoms with Crippen LogP contribution in [0.1, 0.15) is 37.3 Å². The van der Waals surface area contributed by atoms with Crippen molar-refractivity contribution in [3.05, 3.63) is 23.8 Å². The van der Waals surface area contributed by atoms with Crippen LogP contribution in [0.4, 0.5) is 0 Å². The third kappa shape index (κ3) is 4.24. The molecule has 7 heteroatoms. The molecule has 1 atom stereocenters. The molecule has 0 aliphatic carbocycles. The number of aromatic nitrogens is 2. The zero-order chi connectivity index (χ0) is 16.1. The Bertz CT molecular complexity index is 546. The average Bonchev–Trinajstić information content (AvgIpc) is 2.93. The highest BCUT2D eigenvalue weighted by molar-refractivity contribution is 5.77. The molecule has 1 aromatic heterocycles. The van der Waals surface area contributed by atoms with E-state index in [9.17, 15) is 9.59 Å². The number of carbonyl (C=O) groups is 2. The number of amides is 2. The van der Waals surface area contributed by atoms with E-state index in [0.717, 1.165) is 30.9 Å². The Kier molecular flexibility index (Phi) is 5.43. The van der Waals surface area contributed by atoms with Gasteiger partial charge in [0.1, 0.15) is 5.82 Å². The van der Waals surface area contributed by atoms with Gasteiger partial charge in [-0.2, -0.15) is 0 Å². The molecular formula is C15H23N5O2. The Morgan fingerprint density at radius 3 is 2.91 bits per heavy atom. The van der Waals surface area contributed by atoms with Crippen molar-refractivity contribution in [3.63, 3.8) is 0 Å². The Morgan fingerprint density at radius 2 is 2.23 bits per heavy atom. The van der Waals surface area contributed by atoms with E-state index in [4.69, 9.17) is 0 Å². The minimum atomic E-state index is -0.0840. The number of hydrogen-bond acceptors (Lipinski definition) is 5. The lowest BCUT2D eigenvalue weighted by atomic mass is 10.2. The summed E-state index contributed by atoms with van der Waals surface area (Å²) in [6, 6.07) is 1.87. The Morgan fingerprint density at radius 1 is 1.45 bits per heavy atom. The van der Waals surface area contributed by atoms with Gasteiger partial charge in [-0.3, -0.25) is 14.5 Å². The van der Waals surface area contributed by atoms with Crippen LogP contribution in [0.5, 0.6) is 0 Å². The van der Waals surface area contributed by atoms with E-state index in [1.165, 1.54) is 6.92 Å². The quantitative estimate of drug-likeness (QED) is 0.848. The van der Waals surface area contributed by atoms with Crippen LogP contribution in [0.3, 0.4) is 0 Å². The van der Waals surface area contributed by atoms with Crippen LogP contribution < -0.4 is 5.32 Å². The SMILES string of the molecule is CC(=O)NCc1ccnc([C@H]2CCCN2CC(=O)N(C)C)n1. The Labute approximate surface area is 130 Å². The normalized spacial score (nSPS) is 18.2. The molecule has 0 bridgehead atoms. The maximum absolute atomic E-state index is 11.9. The fourth-order valence-corrected chi connectivity index (χ4v) is 2.51. The van der Waals surface area contributed by atoms with Gasteiger partial charge in [0, 0.05) is 27.2 Å². The predicted molar refractivity (Wildman–Crippen MR) is 81.8 cm³/mol. The van der Waals surface area contributed by atoms with Gasteiger partial charge in [-0.25, -0.2) is 9.97 Å². The van der Waals surface area contributed by atoms with Crippen LogP contribution in [0, 0.1) is 0 Å². The molecule has 0 spiro atoms. The number of nitrogens with zero attached hydrogens (tertiary/aromatic N) is 4. The van der Waals surface area contributed by atoms with Crippen LogP contribution in [-0.4, -0.2) is 58.8 Å². The van der Waals surface area contributed by atoms with E-state index in [-0.39, 0.29) is 17.9 Å². The molecule has 0 radical (unpaired) electrons. The summed E-state index contributed by atoms with van der Waals surface area (Å²) in [6.07, 6.45) is 3.69. The van der Waals surface area contributed by atoms with E-state index in [2.05, 4.69) is 20.2 Å². The first-order valence-corrected chi connectivity index (χ1v) is 7.48. The second-order valence-electron chi connectivity index (χ2n) is 5.73. The molecule has 0 unspecified atom stereocenters. The van der Waals surface area contributed by atoms with Gasteiger partial charge in [-0.05, 0) is 25.5 Å². The largest absolute Gasteiger partial charge is 0.351 e. The third-order valence-electron chi connectivity index (χ3n) is 3.75. The molecular weight excluding hydrogens is 282 g/mol. The summed E-state index contributed by atoms with van der Waals surface area (Å²) in [7, 11) is 3.52. The minimum Gasteiger partial charge on any atom is -0.351 e. The molecule has 0 aromatic carbocycles. The third-order valence-corrected chi connectivity index (χ3v) is 3.75. The second-order valence-corrected chi connectivity index (χ2v) is 5.73. The molecule has 120 valence electrons. The predicted octanol–water partition coefficient (Wildman–Crippen LogP) is 0.338. The van der Waals surface area contributed by atoms with Crippen LogP contribution in [0.25, 0.3) is 0 Å². The molecule has 1 N–H and O–H groups in total. The fraction of sp³-hybridized carbons (Fsp3) is 0.600. The summed E-state index contributed by atoms with van der Waals surface area (Å²) < 4.78 is 0. The average molecular weight is 305 g/mol. The van der Waals surface area contributed by atoms with Gasteiger partial charge < -0.3 is 10.2 Å². The number of likely N-dealkylation sites (N-methyl/N-ethyl adjacent to an activating group) is 1. The maximum Gasteiger partial charge on any atom is 0.236 e. The van der Waals surface area contributed by atoms with Crippen molar-refractivity contribution in [1.82, 2.24) is 25.1 Å². The van der Waals surface area contributed by atoms with E-state index >= 15 is 0 Å². The number of likely N-dealkylation sites (tertiary alicyclic amines) is 1. The molecule has 2 heterocycles. The van der Waals surface area contributed by atoms with E-state index in [1.807, 2.05) is 0 Å². The van der Waals surface area contributed by atoms with Crippen molar-refractivity contribution in [1.29, 1.82) is 0 Å². The molecule has 22 heavy (non-hydrogen) atoms. The number of carbonyl (C=O) groups excluding carboxylic acids is 2. The second kappa shape index (κ2) is 7.31. The van der Waals surface area contributed by atoms with Crippen molar-refractivity contribution in [2.24, 2.45) is 0 Å². The minimum absolute atomic E-state index is 0.0705. The number of hydrogen-bond donors (Lipinski definition) is 1. The zero-order valence-electron chi connectivity index (χ0n) is 13.4. The molecule has 1 aromatic rings. The first-order chi connectivity index (χ1) is 10.5. The lowest BCUT2D eigenvalue weighted by molar-refractivity contribution is -0.130. The van der Waals surface area contributed by atoms with Gasteiger partial charge in [0.2, 0.25) is 11.8 Å². The fourth-order valence-electron chi connectivity index (χ4n) is 2.51. The van der Waals surface area contributed by atoms with Gasteiger partial charge in [0.25, 0.3) is 0 Å². The Balaban J connectivity index is 2.07. The van der Waals surface area contributed by atoms with Gasteiger partial charge in [-0.1, -0.05) is 0 Å². The van der Waals surface area contributed by atoms with E-state index in [0.29, 0.717) is 13.1 Å². The molecule has 1 aliphatic rings. The van der Waals surface area contributed by atoms with Crippen molar-refractivity contribution >= 4 is 11.8 Å². The van der Waals surface area contributed by atoms with Gasteiger partial charge >= 0.3 is 0 Å². The first kappa shape index (κ1) is 16.4. The van der Waals surface area contributed by atoms with Crippen molar-refractivity contribution < 1.29 is 9.59 Å². The molecule has 0 saturated carbocycles. The van der Waals surface area contributed by atoms with Crippen LogP contribution in [0.15, 0.2) is 12.3 Å². The highest BCUT2D eigenvalue weighted by atomic mass is 16.2. The summed E-state index contributed by atoms with van der Waals surface area (Å²) in [6.45, 7) is 3.14. The molecule has 1 aliphatic heterocycles. The van der Waals surface area contributed by atoms with Gasteiger partial charge in [0.15, 0.2) is 0 Å². The highest BCUT2D eigenvalue weighted by Gasteiger charge is 2.30. The molecule has 1 saturated heterocycles. The standard InChI is InChI=1S/C15H23N5O2/c1-11(21)17-9-12-6-7-16-15(18-12)13-5-4-8-20(13)10-14(22)19(2)3/h6-7,13H,4-5,8-10H2,1-3H3,(H,17,21)/t13-/m1/s1. The van der Waals surface area contributed by atoms with Crippen LogP contribution >= 0.6 is 0 Å². The van der Waals surface area contributed by atoms with Crippen molar-refractivity contribution in [3.8, 4) is 0 Å². The summed E-state index contributed by atoms with van der Waals surface area (Å²) in [5, 5.41) is 2.73. The van der Waals surface area contributed by atoms with Gasteiger partial charge in [0.05, 0.1) is 24.8 Å².